The van der Waals surface area contributed by atoms with Gasteiger partial charge in [-0.3, -0.25) is 14.2 Å². The summed E-state index contributed by atoms with van der Waals surface area (Å²) in [6, 6.07) is 18.2. The number of para-hydroxylation sites is 1. The summed E-state index contributed by atoms with van der Waals surface area (Å²) in [5.74, 6) is 1.19. The molecule has 1 amide bonds. The van der Waals surface area contributed by atoms with Gasteiger partial charge in [0.2, 0.25) is 0 Å². The Labute approximate surface area is 209 Å². The van der Waals surface area contributed by atoms with Crippen LogP contribution in [0.5, 0.6) is 0 Å². The first-order chi connectivity index (χ1) is 17.6. The van der Waals surface area contributed by atoms with Gasteiger partial charge in [0.05, 0.1) is 23.1 Å². The maximum Gasteiger partial charge on any atom is 0.251 e. The molecule has 0 bridgehead atoms. The van der Waals surface area contributed by atoms with E-state index in [9.17, 15) is 4.79 Å². The number of nitrogens with zero attached hydrogens (tertiary/aromatic N) is 4. The first-order valence-corrected chi connectivity index (χ1v) is 12.4. The smallest absolute Gasteiger partial charge is 0.251 e. The third kappa shape index (κ3) is 4.28. The highest BCUT2D eigenvalue weighted by molar-refractivity contribution is 5.95. The molecule has 7 nitrogen and oxygen atoms in total. The molecule has 0 aliphatic heterocycles. The van der Waals surface area contributed by atoms with Crippen LogP contribution < -0.4 is 10.6 Å². The number of imidazole rings is 1. The molecule has 1 aliphatic carbocycles. The third-order valence-electron chi connectivity index (χ3n) is 6.45. The van der Waals surface area contributed by atoms with Crippen LogP contribution in [0.1, 0.15) is 37.0 Å². The van der Waals surface area contributed by atoms with Crippen molar-refractivity contribution < 1.29 is 4.79 Å². The molecule has 0 spiro atoms. The topological polar surface area (TPSA) is 84.2 Å². The lowest BCUT2D eigenvalue weighted by Crippen LogP contribution is -2.25. The molecule has 0 atom stereocenters. The fourth-order valence-electron chi connectivity index (χ4n) is 4.36. The molecule has 0 radical (unpaired) electrons. The minimum Gasteiger partial charge on any atom is -0.367 e. The zero-order valence-electron chi connectivity index (χ0n) is 20.4. The molecule has 3 aromatic heterocycles. The van der Waals surface area contributed by atoms with E-state index in [1.807, 2.05) is 67.1 Å². The highest BCUT2D eigenvalue weighted by atomic mass is 16.1. The molecular weight excluding hydrogens is 448 g/mol. The van der Waals surface area contributed by atoms with E-state index in [0.29, 0.717) is 17.5 Å². The van der Waals surface area contributed by atoms with Crippen LogP contribution in [0.25, 0.3) is 39.1 Å². The lowest BCUT2D eigenvalue weighted by atomic mass is 10.1. The highest BCUT2D eigenvalue weighted by Crippen LogP contribution is 2.31. The van der Waals surface area contributed by atoms with Crippen molar-refractivity contribution >= 4 is 28.3 Å². The molecule has 5 aromatic rings. The van der Waals surface area contributed by atoms with Gasteiger partial charge in [0.25, 0.3) is 5.91 Å². The van der Waals surface area contributed by atoms with Gasteiger partial charge in [-0.05, 0) is 43.0 Å². The molecular formula is C29H28N6O. The Balaban J connectivity index is 1.45. The monoisotopic (exact) mass is 476 g/mol. The van der Waals surface area contributed by atoms with Crippen LogP contribution in [0.3, 0.4) is 0 Å². The van der Waals surface area contributed by atoms with Crippen molar-refractivity contribution in [2.24, 2.45) is 5.92 Å². The SMILES string of the molecule is CC(C)CNc1nc(-c2ccnc3ccccc23)cn2c(-c3ccc(C(=O)NC4CC4)cc3)cnc12. The van der Waals surface area contributed by atoms with Crippen molar-refractivity contribution in [1.82, 2.24) is 24.7 Å². The number of anilines is 1. The number of fused-ring (bicyclic) bond motifs is 2. The van der Waals surface area contributed by atoms with E-state index in [2.05, 4.69) is 39.9 Å². The molecule has 2 aromatic carbocycles. The fourth-order valence-corrected chi connectivity index (χ4v) is 4.36. The zero-order valence-corrected chi connectivity index (χ0v) is 20.4. The number of carbonyl (C=O) groups is 1. The Hall–Kier alpha value is -4.26. The van der Waals surface area contributed by atoms with Gasteiger partial charge in [0.1, 0.15) is 0 Å². The van der Waals surface area contributed by atoms with Crippen LogP contribution in [0, 0.1) is 5.92 Å². The molecule has 0 saturated heterocycles. The Morgan fingerprint density at radius 3 is 2.64 bits per heavy atom. The van der Waals surface area contributed by atoms with E-state index < -0.39 is 0 Å². The van der Waals surface area contributed by atoms with Gasteiger partial charge in [0, 0.05) is 47.1 Å². The van der Waals surface area contributed by atoms with Gasteiger partial charge >= 0.3 is 0 Å². The molecule has 180 valence electrons. The highest BCUT2D eigenvalue weighted by Gasteiger charge is 2.24. The molecule has 3 heterocycles. The summed E-state index contributed by atoms with van der Waals surface area (Å²) in [6.07, 6.45) is 7.87. The Kier molecular flexibility index (Phi) is 5.60. The largest absolute Gasteiger partial charge is 0.367 e. The molecule has 7 heteroatoms. The summed E-state index contributed by atoms with van der Waals surface area (Å²) < 4.78 is 2.08. The van der Waals surface area contributed by atoms with Crippen molar-refractivity contribution in [3.05, 3.63) is 78.8 Å². The summed E-state index contributed by atoms with van der Waals surface area (Å²) in [5, 5.41) is 7.59. The minimum absolute atomic E-state index is 0.0154. The van der Waals surface area contributed by atoms with Crippen LogP contribution in [-0.4, -0.2) is 37.8 Å². The van der Waals surface area contributed by atoms with E-state index in [1.165, 1.54) is 0 Å². The van der Waals surface area contributed by atoms with E-state index in [4.69, 9.17) is 9.97 Å². The van der Waals surface area contributed by atoms with Gasteiger partial charge in [-0.15, -0.1) is 0 Å². The van der Waals surface area contributed by atoms with E-state index in [0.717, 1.165) is 64.3 Å². The number of amides is 1. The molecule has 2 N–H and O–H groups in total. The Bertz CT molecular complexity index is 1560. The predicted molar refractivity (Wildman–Crippen MR) is 143 cm³/mol. The molecule has 1 fully saturated rings. The van der Waals surface area contributed by atoms with Crippen molar-refractivity contribution in [2.45, 2.75) is 32.7 Å². The number of hydrogen-bond donors (Lipinski definition) is 2. The second-order valence-electron chi connectivity index (χ2n) is 9.79. The molecule has 0 unspecified atom stereocenters. The molecule has 36 heavy (non-hydrogen) atoms. The summed E-state index contributed by atoms with van der Waals surface area (Å²) in [7, 11) is 0. The van der Waals surface area contributed by atoms with Gasteiger partial charge in [-0.25, -0.2) is 9.97 Å². The average Bonchev–Trinajstić information content (AvgIpc) is 3.61. The molecule has 1 saturated carbocycles. The van der Waals surface area contributed by atoms with Crippen molar-refractivity contribution in [3.63, 3.8) is 0 Å². The zero-order chi connectivity index (χ0) is 24.6. The molecule has 6 rings (SSSR count). The quantitative estimate of drug-likeness (QED) is 0.321. The van der Waals surface area contributed by atoms with Gasteiger partial charge in [-0.2, -0.15) is 0 Å². The predicted octanol–water partition coefficient (Wildman–Crippen LogP) is 5.57. The van der Waals surface area contributed by atoms with E-state index >= 15 is 0 Å². The average molecular weight is 477 g/mol. The van der Waals surface area contributed by atoms with Gasteiger partial charge in [-0.1, -0.05) is 44.2 Å². The second kappa shape index (κ2) is 9.07. The van der Waals surface area contributed by atoms with Crippen LogP contribution in [0.2, 0.25) is 0 Å². The van der Waals surface area contributed by atoms with Crippen LogP contribution in [0.15, 0.2) is 73.2 Å². The minimum atomic E-state index is -0.0154. The number of carbonyl (C=O) groups excluding carboxylic acids is 1. The number of aromatic nitrogens is 4. The number of pyridine rings is 1. The standard InChI is InChI=1S/C29H28N6O/c1-18(2)15-31-27-28-32-16-26(19-7-9-20(10-8-19)29(36)33-21-11-12-21)35(28)17-25(34-27)23-13-14-30-24-6-4-3-5-22(23)24/h3-10,13-14,16-18,21H,11-12,15H2,1-2H3,(H,31,34)(H,33,36). The van der Waals surface area contributed by atoms with Crippen LogP contribution >= 0.6 is 0 Å². The number of hydrogen-bond acceptors (Lipinski definition) is 5. The number of rotatable bonds is 7. The summed E-state index contributed by atoms with van der Waals surface area (Å²) >= 11 is 0. The van der Waals surface area contributed by atoms with Crippen LogP contribution in [0.4, 0.5) is 5.82 Å². The van der Waals surface area contributed by atoms with E-state index in [-0.39, 0.29) is 5.91 Å². The summed E-state index contributed by atoms with van der Waals surface area (Å²) in [5.41, 5.74) is 6.15. The lowest BCUT2D eigenvalue weighted by Gasteiger charge is -2.13. The van der Waals surface area contributed by atoms with Gasteiger partial charge < -0.3 is 10.6 Å². The lowest BCUT2D eigenvalue weighted by molar-refractivity contribution is 0.0951. The second-order valence-corrected chi connectivity index (χ2v) is 9.79. The normalized spacial score (nSPS) is 13.4. The first kappa shape index (κ1) is 22.2. The Morgan fingerprint density at radius 2 is 1.86 bits per heavy atom. The van der Waals surface area contributed by atoms with Gasteiger partial charge in [0.15, 0.2) is 11.5 Å². The molecule has 1 aliphatic rings. The maximum absolute atomic E-state index is 12.4. The number of benzene rings is 2. The Morgan fingerprint density at radius 1 is 1.06 bits per heavy atom. The van der Waals surface area contributed by atoms with Crippen molar-refractivity contribution in [3.8, 4) is 22.5 Å². The third-order valence-corrected chi connectivity index (χ3v) is 6.45. The first-order valence-electron chi connectivity index (χ1n) is 12.4. The fraction of sp³-hybridized carbons (Fsp3) is 0.241. The van der Waals surface area contributed by atoms with Crippen molar-refractivity contribution in [2.75, 3.05) is 11.9 Å². The van der Waals surface area contributed by atoms with Crippen LogP contribution in [-0.2, 0) is 0 Å². The maximum atomic E-state index is 12.4. The number of nitrogens with one attached hydrogen (secondary N) is 2. The summed E-state index contributed by atoms with van der Waals surface area (Å²) in [6.45, 7) is 5.13. The summed E-state index contributed by atoms with van der Waals surface area (Å²) in [4.78, 5) is 26.7. The van der Waals surface area contributed by atoms with Crippen molar-refractivity contribution in [1.29, 1.82) is 0 Å². The van der Waals surface area contributed by atoms with E-state index in [1.54, 1.807) is 0 Å².